The summed E-state index contributed by atoms with van der Waals surface area (Å²) in [6, 6.07) is 4.35. The number of primary amides is 1. The highest BCUT2D eigenvalue weighted by atomic mass is 16.2. The van der Waals surface area contributed by atoms with Gasteiger partial charge in [-0.1, -0.05) is 0 Å². The van der Waals surface area contributed by atoms with E-state index in [4.69, 9.17) is 11.6 Å². The van der Waals surface area contributed by atoms with Crippen LogP contribution >= 0.6 is 0 Å². The molecule has 0 aliphatic carbocycles. The molecule has 0 aliphatic rings. The Balaban J connectivity index is 2.86. The summed E-state index contributed by atoms with van der Waals surface area (Å²) in [4.78, 5) is 22.6. The molecule has 1 unspecified atom stereocenters. The molecule has 0 fully saturated rings. The highest BCUT2D eigenvalue weighted by Gasteiger charge is 2.15. The topological polar surface area (TPSA) is 110 Å². The van der Waals surface area contributed by atoms with Crippen LogP contribution in [0.2, 0.25) is 0 Å². The largest absolute Gasteiger partial charge is 0.368 e. The minimum atomic E-state index is -0.700. The summed E-state index contributed by atoms with van der Waals surface area (Å²) < 4.78 is 0. The number of nitrogens with one attached hydrogen (secondary N) is 2. The lowest BCUT2D eigenvalue weighted by Crippen LogP contribution is -2.42. The van der Waals surface area contributed by atoms with Crippen LogP contribution < -0.4 is 22.3 Å². The quantitative estimate of drug-likeness (QED) is 0.431. The summed E-state index contributed by atoms with van der Waals surface area (Å²) in [6.07, 6.45) is 0. The first-order valence-electron chi connectivity index (χ1n) is 5.13. The van der Waals surface area contributed by atoms with Crippen molar-refractivity contribution >= 4 is 17.5 Å². The number of hydrogen-bond donors (Lipinski definition) is 4. The number of carbonyl (C=O) groups is 2. The van der Waals surface area contributed by atoms with Gasteiger partial charge in [-0.3, -0.25) is 15.4 Å². The second-order valence-corrected chi connectivity index (χ2v) is 3.77. The number of rotatable bonds is 4. The molecule has 1 aromatic carbocycles. The van der Waals surface area contributed by atoms with Gasteiger partial charge in [-0.25, -0.2) is 0 Å². The third-order valence-corrected chi connectivity index (χ3v) is 2.41. The van der Waals surface area contributed by atoms with Crippen molar-refractivity contribution in [2.75, 3.05) is 5.43 Å². The minimum Gasteiger partial charge on any atom is -0.368 e. The van der Waals surface area contributed by atoms with Crippen LogP contribution in [0.1, 0.15) is 22.8 Å². The van der Waals surface area contributed by atoms with Gasteiger partial charge in [-0.15, -0.1) is 0 Å². The molecule has 0 saturated carbocycles. The summed E-state index contributed by atoms with van der Waals surface area (Å²) >= 11 is 0. The second-order valence-electron chi connectivity index (χ2n) is 3.77. The lowest BCUT2D eigenvalue weighted by molar-refractivity contribution is -0.119. The average Bonchev–Trinajstić information content (AvgIpc) is 2.28. The number of anilines is 1. The molecule has 92 valence electrons. The van der Waals surface area contributed by atoms with Crippen LogP contribution in [0.5, 0.6) is 0 Å². The van der Waals surface area contributed by atoms with E-state index in [0.29, 0.717) is 11.3 Å². The lowest BCUT2D eigenvalue weighted by atomic mass is 10.1. The molecule has 0 aliphatic heterocycles. The fourth-order valence-corrected chi connectivity index (χ4v) is 1.35. The molecule has 0 radical (unpaired) electrons. The number of hydrazine groups is 1. The van der Waals surface area contributed by atoms with Gasteiger partial charge in [0.25, 0.3) is 5.91 Å². The van der Waals surface area contributed by atoms with E-state index >= 15 is 0 Å². The van der Waals surface area contributed by atoms with E-state index in [1.165, 1.54) is 6.92 Å². The van der Waals surface area contributed by atoms with Crippen molar-refractivity contribution in [3.05, 3.63) is 29.3 Å². The third-order valence-electron chi connectivity index (χ3n) is 2.41. The van der Waals surface area contributed by atoms with Crippen LogP contribution in [-0.2, 0) is 4.79 Å². The Labute approximate surface area is 99.3 Å². The summed E-state index contributed by atoms with van der Waals surface area (Å²) in [5, 5.41) is 2.51. The second kappa shape index (κ2) is 5.31. The molecule has 1 atom stereocenters. The van der Waals surface area contributed by atoms with Crippen LogP contribution in [0.4, 0.5) is 5.69 Å². The van der Waals surface area contributed by atoms with Crippen LogP contribution in [0.25, 0.3) is 0 Å². The van der Waals surface area contributed by atoms with Gasteiger partial charge in [0.2, 0.25) is 5.91 Å². The SMILES string of the molecule is Cc1cc(NN)ccc1C(=O)NC(C)C(N)=O. The molecule has 1 aromatic rings. The van der Waals surface area contributed by atoms with Gasteiger partial charge in [0.15, 0.2) is 0 Å². The van der Waals surface area contributed by atoms with Gasteiger partial charge in [0.05, 0.1) is 0 Å². The Bertz CT molecular complexity index is 445. The normalized spacial score (nSPS) is 11.7. The Morgan fingerprint density at radius 2 is 2.00 bits per heavy atom. The Morgan fingerprint density at radius 3 is 2.47 bits per heavy atom. The molecule has 17 heavy (non-hydrogen) atoms. The zero-order valence-corrected chi connectivity index (χ0v) is 9.78. The van der Waals surface area contributed by atoms with E-state index in [-0.39, 0.29) is 5.91 Å². The molecule has 0 saturated heterocycles. The summed E-state index contributed by atoms with van der Waals surface area (Å²) in [5.74, 6) is 4.34. The van der Waals surface area contributed by atoms with Crippen molar-refractivity contribution in [1.82, 2.24) is 5.32 Å². The molecule has 6 N–H and O–H groups in total. The highest BCUT2D eigenvalue weighted by Crippen LogP contribution is 2.14. The zero-order chi connectivity index (χ0) is 13.0. The summed E-state index contributed by atoms with van der Waals surface area (Å²) in [6.45, 7) is 3.32. The summed E-state index contributed by atoms with van der Waals surface area (Å²) in [7, 11) is 0. The molecule has 0 heterocycles. The van der Waals surface area contributed by atoms with E-state index < -0.39 is 11.9 Å². The van der Waals surface area contributed by atoms with Gasteiger partial charge >= 0.3 is 0 Å². The van der Waals surface area contributed by atoms with Gasteiger partial charge < -0.3 is 16.5 Å². The molecule has 6 heteroatoms. The molecule has 1 rings (SSSR count). The van der Waals surface area contributed by atoms with Crippen LogP contribution in [-0.4, -0.2) is 17.9 Å². The summed E-state index contributed by atoms with van der Waals surface area (Å²) in [5.41, 5.74) is 9.51. The predicted octanol–water partition coefficient (Wildman–Crippen LogP) is -0.116. The molecule has 0 spiro atoms. The van der Waals surface area contributed by atoms with Gasteiger partial charge in [-0.05, 0) is 37.6 Å². The molecule has 0 aromatic heterocycles. The first kappa shape index (κ1) is 13.0. The first-order valence-corrected chi connectivity index (χ1v) is 5.13. The molecular formula is C11H16N4O2. The standard InChI is InChI=1S/C11H16N4O2/c1-6-5-8(15-13)3-4-9(6)11(17)14-7(2)10(12)16/h3-5,7,15H,13H2,1-2H3,(H2,12,16)(H,14,17). The van der Waals surface area contributed by atoms with Crippen molar-refractivity contribution in [2.24, 2.45) is 11.6 Å². The molecular weight excluding hydrogens is 220 g/mol. The number of benzene rings is 1. The number of nitrogen functional groups attached to an aromatic ring is 1. The van der Waals surface area contributed by atoms with Gasteiger partial charge in [0.1, 0.15) is 6.04 Å². The van der Waals surface area contributed by atoms with Crippen molar-refractivity contribution in [2.45, 2.75) is 19.9 Å². The van der Waals surface area contributed by atoms with E-state index in [0.717, 1.165) is 5.56 Å². The monoisotopic (exact) mass is 236 g/mol. The number of carbonyl (C=O) groups excluding carboxylic acids is 2. The number of aryl methyl sites for hydroxylation is 1. The maximum atomic E-state index is 11.8. The van der Waals surface area contributed by atoms with Crippen molar-refractivity contribution in [3.8, 4) is 0 Å². The maximum absolute atomic E-state index is 11.8. The van der Waals surface area contributed by atoms with E-state index in [1.807, 2.05) is 0 Å². The lowest BCUT2D eigenvalue weighted by Gasteiger charge is -2.12. The fourth-order valence-electron chi connectivity index (χ4n) is 1.35. The van der Waals surface area contributed by atoms with Gasteiger partial charge in [-0.2, -0.15) is 0 Å². The Morgan fingerprint density at radius 1 is 1.35 bits per heavy atom. The Kier molecular flexibility index (Phi) is 4.06. The number of hydrogen-bond acceptors (Lipinski definition) is 4. The number of nitrogens with two attached hydrogens (primary N) is 2. The van der Waals surface area contributed by atoms with E-state index in [2.05, 4.69) is 10.7 Å². The van der Waals surface area contributed by atoms with Crippen LogP contribution in [0, 0.1) is 6.92 Å². The van der Waals surface area contributed by atoms with Crippen LogP contribution in [0.3, 0.4) is 0 Å². The predicted molar refractivity (Wildman–Crippen MR) is 65.1 cm³/mol. The third kappa shape index (κ3) is 3.18. The van der Waals surface area contributed by atoms with E-state index in [1.54, 1.807) is 25.1 Å². The van der Waals surface area contributed by atoms with Crippen LogP contribution in [0.15, 0.2) is 18.2 Å². The van der Waals surface area contributed by atoms with Crippen molar-refractivity contribution in [3.63, 3.8) is 0 Å². The van der Waals surface area contributed by atoms with Gasteiger partial charge in [0, 0.05) is 11.3 Å². The maximum Gasteiger partial charge on any atom is 0.252 e. The fraction of sp³-hybridized carbons (Fsp3) is 0.273. The Hall–Kier alpha value is -2.08. The number of amides is 2. The smallest absolute Gasteiger partial charge is 0.252 e. The average molecular weight is 236 g/mol. The molecule has 6 nitrogen and oxygen atoms in total. The highest BCUT2D eigenvalue weighted by molar-refractivity contribution is 5.98. The molecule has 2 amide bonds. The van der Waals surface area contributed by atoms with E-state index in [9.17, 15) is 9.59 Å². The van der Waals surface area contributed by atoms with Crippen molar-refractivity contribution in [1.29, 1.82) is 0 Å². The first-order chi connectivity index (χ1) is 7.95. The van der Waals surface area contributed by atoms with Crippen molar-refractivity contribution < 1.29 is 9.59 Å². The zero-order valence-electron chi connectivity index (χ0n) is 9.78. The molecule has 0 bridgehead atoms. The minimum absolute atomic E-state index is 0.336.